The fourth-order valence-electron chi connectivity index (χ4n) is 3.02. The average Bonchev–Trinajstić information content (AvgIpc) is 2.75. The van der Waals surface area contributed by atoms with Gasteiger partial charge in [-0.05, 0) is 49.6 Å². The van der Waals surface area contributed by atoms with Crippen LogP contribution in [-0.4, -0.2) is 35.9 Å². The lowest BCUT2D eigenvalue weighted by atomic mass is 10.1. The minimum atomic E-state index is -0.566. The van der Waals surface area contributed by atoms with Crippen LogP contribution >= 0.6 is 11.6 Å². The third kappa shape index (κ3) is 8.07. The summed E-state index contributed by atoms with van der Waals surface area (Å²) in [6, 6.07) is 16.3. The van der Waals surface area contributed by atoms with Crippen molar-refractivity contribution in [3.05, 3.63) is 65.2 Å². The van der Waals surface area contributed by atoms with Crippen molar-refractivity contribution < 1.29 is 14.3 Å². The van der Waals surface area contributed by atoms with E-state index in [9.17, 15) is 9.59 Å². The number of rotatable bonds is 12. The first-order chi connectivity index (χ1) is 14.5. The Bertz CT molecular complexity index is 798. The molecule has 30 heavy (non-hydrogen) atoms. The van der Waals surface area contributed by atoms with Gasteiger partial charge in [-0.15, -0.1) is 0 Å². The Hall–Kier alpha value is -2.53. The fourth-order valence-corrected chi connectivity index (χ4v) is 3.24. The topological polar surface area (TPSA) is 58.6 Å². The zero-order valence-electron chi connectivity index (χ0n) is 17.8. The molecule has 2 rings (SSSR count). The highest BCUT2D eigenvalue weighted by Gasteiger charge is 2.25. The Balaban J connectivity index is 1.97. The van der Waals surface area contributed by atoms with Crippen LogP contribution in [0.15, 0.2) is 54.6 Å². The van der Waals surface area contributed by atoms with Gasteiger partial charge in [0.1, 0.15) is 11.8 Å². The van der Waals surface area contributed by atoms with Gasteiger partial charge < -0.3 is 15.0 Å². The second-order valence-electron chi connectivity index (χ2n) is 7.24. The van der Waals surface area contributed by atoms with Crippen molar-refractivity contribution in [1.82, 2.24) is 10.2 Å². The molecule has 0 fully saturated rings. The SMILES string of the molecule is CCCCNC(=O)[C@H](C)N(Cc1cccc(Cl)c1)C(=O)CCCOc1ccccc1. The Morgan fingerprint density at radius 3 is 2.57 bits per heavy atom. The normalized spacial score (nSPS) is 11.6. The van der Waals surface area contributed by atoms with E-state index in [1.807, 2.05) is 48.5 Å². The lowest BCUT2D eigenvalue weighted by Crippen LogP contribution is -2.47. The number of nitrogens with zero attached hydrogens (tertiary/aromatic N) is 1. The molecule has 6 heteroatoms. The maximum absolute atomic E-state index is 13.0. The molecular weight excluding hydrogens is 400 g/mol. The van der Waals surface area contributed by atoms with Crippen molar-refractivity contribution in [3.8, 4) is 5.75 Å². The van der Waals surface area contributed by atoms with Crippen LogP contribution in [0, 0.1) is 0 Å². The van der Waals surface area contributed by atoms with E-state index < -0.39 is 6.04 Å². The smallest absolute Gasteiger partial charge is 0.242 e. The molecule has 0 aromatic heterocycles. The predicted octanol–water partition coefficient (Wildman–Crippen LogP) is 4.83. The first-order valence-corrected chi connectivity index (χ1v) is 10.9. The molecule has 5 nitrogen and oxygen atoms in total. The lowest BCUT2D eigenvalue weighted by Gasteiger charge is -2.29. The Kier molecular flexibility index (Phi) is 10.2. The zero-order chi connectivity index (χ0) is 21.8. The molecule has 2 aromatic rings. The molecule has 0 heterocycles. The van der Waals surface area contributed by atoms with E-state index >= 15 is 0 Å². The summed E-state index contributed by atoms with van der Waals surface area (Å²) in [5, 5.41) is 3.53. The van der Waals surface area contributed by atoms with E-state index in [0.29, 0.717) is 37.6 Å². The number of hydrogen-bond acceptors (Lipinski definition) is 3. The van der Waals surface area contributed by atoms with Crippen molar-refractivity contribution in [2.45, 2.75) is 52.1 Å². The largest absolute Gasteiger partial charge is 0.494 e. The van der Waals surface area contributed by atoms with Crippen LogP contribution in [0.5, 0.6) is 5.75 Å². The molecule has 0 radical (unpaired) electrons. The number of hydrogen-bond donors (Lipinski definition) is 1. The Morgan fingerprint density at radius 1 is 1.10 bits per heavy atom. The first kappa shape index (κ1) is 23.7. The molecule has 0 unspecified atom stereocenters. The van der Waals surface area contributed by atoms with Crippen LogP contribution in [0.25, 0.3) is 0 Å². The van der Waals surface area contributed by atoms with Crippen LogP contribution < -0.4 is 10.1 Å². The van der Waals surface area contributed by atoms with E-state index in [2.05, 4.69) is 12.2 Å². The molecular formula is C24H31ClN2O3. The molecule has 0 aliphatic carbocycles. The van der Waals surface area contributed by atoms with Gasteiger partial charge in [-0.2, -0.15) is 0 Å². The molecule has 0 saturated heterocycles. The van der Waals surface area contributed by atoms with Crippen LogP contribution in [0.1, 0.15) is 45.1 Å². The van der Waals surface area contributed by atoms with Gasteiger partial charge in [-0.1, -0.05) is 55.3 Å². The predicted molar refractivity (Wildman–Crippen MR) is 121 cm³/mol. The first-order valence-electron chi connectivity index (χ1n) is 10.5. The van der Waals surface area contributed by atoms with E-state index in [0.717, 1.165) is 24.2 Å². The molecule has 162 valence electrons. The average molecular weight is 431 g/mol. The molecule has 2 aromatic carbocycles. The van der Waals surface area contributed by atoms with E-state index in [1.54, 1.807) is 17.9 Å². The van der Waals surface area contributed by atoms with Crippen molar-refractivity contribution in [2.75, 3.05) is 13.2 Å². The fraction of sp³-hybridized carbons (Fsp3) is 0.417. The number of carbonyl (C=O) groups is 2. The van der Waals surface area contributed by atoms with Gasteiger partial charge in [-0.25, -0.2) is 0 Å². The minimum absolute atomic E-state index is 0.0789. The highest BCUT2D eigenvalue weighted by atomic mass is 35.5. The second kappa shape index (κ2) is 12.9. The monoisotopic (exact) mass is 430 g/mol. The Morgan fingerprint density at radius 2 is 1.87 bits per heavy atom. The summed E-state index contributed by atoms with van der Waals surface area (Å²) in [4.78, 5) is 27.2. The molecule has 1 atom stereocenters. The number of benzene rings is 2. The van der Waals surface area contributed by atoms with Crippen LogP contribution in [0.3, 0.4) is 0 Å². The molecule has 0 spiro atoms. The summed E-state index contributed by atoms with van der Waals surface area (Å²) in [6.07, 6.45) is 2.79. The number of ether oxygens (including phenoxy) is 1. The quantitative estimate of drug-likeness (QED) is 0.490. The number of nitrogens with one attached hydrogen (secondary N) is 1. The highest BCUT2D eigenvalue weighted by Crippen LogP contribution is 2.16. The number of halogens is 1. The summed E-state index contributed by atoms with van der Waals surface area (Å²) in [5.74, 6) is 0.563. The van der Waals surface area contributed by atoms with Gasteiger partial charge >= 0.3 is 0 Å². The summed E-state index contributed by atoms with van der Waals surface area (Å²) in [6.45, 7) is 5.23. The van der Waals surface area contributed by atoms with Gasteiger partial charge in [-0.3, -0.25) is 9.59 Å². The van der Waals surface area contributed by atoms with Crippen molar-refractivity contribution in [1.29, 1.82) is 0 Å². The van der Waals surface area contributed by atoms with Crippen LogP contribution in [-0.2, 0) is 16.1 Å². The third-order valence-corrected chi connectivity index (χ3v) is 5.02. The summed E-state index contributed by atoms with van der Waals surface area (Å²) < 4.78 is 5.68. The summed E-state index contributed by atoms with van der Waals surface area (Å²) in [5.41, 5.74) is 0.893. The highest BCUT2D eigenvalue weighted by molar-refractivity contribution is 6.30. The van der Waals surface area contributed by atoms with Crippen molar-refractivity contribution in [3.63, 3.8) is 0 Å². The maximum atomic E-state index is 13.0. The summed E-state index contributed by atoms with van der Waals surface area (Å²) >= 11 is 6.10. The lowest BCUT2D eigenvalue weighted by molar-refractivity contribution is -0.140. The second-order valence-corrected chi connectivity index (χ2v) is 7.67. The van der Waals surface area contributed by atoms with Crippen LogP contribution in [0.2, 0.25) is 5.02 Å². The molecule has 0 bridgehead atoms. The third-order valence-electron chi connectivity index (χ3n) is 4.79. The summed E-state index contributed by atoms with van der Waals surface area (Å²) in [7, 11) is 0. The van der Waals surface area contributed by atoms with E-state index in [-0.39, 0.29) is 11.8 Å². The van der Waals surface area contributed by atoms with Gasteiger partial charge in [0, 0.05) is 24.5 Å². The molecule has 1 N–H and O–H groups in total. The van der Waals surface area contributed by atoms with Gasteiger partial charge in [0.05, 0.1) is 6.61 Å². The minimum Gasteiger partial charge on any atom is -0.494 e. The molecule has 0 aliphatic heterocycles. The van der Waals surface area contributed by atoms with Gasteiger partial charge in [0.25, 0.3) is 0 Å². The molecule has 0 saturated carbocycles. The van der Waals surface area contributed by atoms with Crippen molar-refractivity contribution in [2.24, 2.45) is 0 Å². The number of unbranched alkanes of at least 4 members (excludes halogenated alkanes) is 1. The standard InChI is InChI=1S/C24H31ClN2O3/c1-3-4-15-26-24(29)19(2)27(18-20-10-8-11-21(25)17-20)23(28)14-9-16-30-22-12-6-5-7-13-22/h5-8,10-13,17,19H,3-4,9,14-16,18H2,1-2H3,(H,26,29)/t19-/m0/s1. The van der Waals surface area contributed by atoms with Gasteiger partial charge in [0.15, 0.2) is 0 Å². The Labute approximate surface area is 184 Å². The number of amides is 2. The van der Waals surface area contributed by atoms with Gasteiger partial charge in [0.2, 0.25) is 11.8 Å². The number of para-hydroxylation sites is 1. The zero-order valence-corrected chi connectivity index (χ0v) is 18.5. The van der Waals surface area contributed by atoms with E-state index in [4.69, 9.17) is 16.3 Å². The van der Waals surface area contributed by atoms with Crippen LogP contribution in [0.4, 0.5) is 0 Å². The molecule has 2 amide bonds. The van der Waals surface area contributed by atoms with Crippen molar-refractivity contribution >= 4 is 23.4 Å². The van der Waals surface area contributed by atoms with E-state index in [1.165, 1.54) is 0 Å². The maximum Gasteiger partial charge on any atom is 0.242 e. The molecule has 0 aliphatic rings. The number of carbonyl (C=O) groups excluding carboxylic acids is 2.